The van der Waals surface area contributed by atoms with Crippen molar-refractivity contribution in [2.75, 3.05) is 0 Å². The quantitative estimate of drug-likeness (QED) is 0.535. The molecule has 0 saturated heterocycles. The monoisotopic (exact) mass is 353 g/mol. The van der Waals surface area contributed by atoms with Crippen LogP contribution in [0.2, 0.25) is 0 Å². The van der Waals surface area contributed by atoms with Gasteiger partial charge in [0.2, 0.25) is 0 Å². The summed E-state index contributed by atoms with van der Waals surface area (Å²) in [6, 6.07) is 0. The summed E-state index contributed by atoms with van der Waals surface area (Å²) in [5.41, 5.74) is 0. The number of hydrogen-bond donors (Lipinski definition) is 0. The summed E-state index contributed by atoms with van der Waals surface area (Å²) in [5, 5.41) is 0. The van der Waals surface area contributed by atoms with Gasteiger partial charge in [-0.3, -0.25) is 0 Å². The van der Waals surface area contributed by atoms with E-state index in [2.05, 4.69) is 15.7 Å². The van der Waals surface area contributed by atoms with Crippen molar-refractivity contribution in [1.29, 1.82) is 0 Å². The summed E-state index contributed by atoms with van der Waals surface area (Å²) in [6.45, 7) is 0. The van der Waals surface area contributed by atoms with Gasteiger partial charge in [0.15, 0.2) is 0 Å². The van der Waals surface area contributed by atoms with Gasteiger partial charge < -0.3 is 16.4 Å². The Hall–Kier alpha value is 1.93. The van der Waals surface area contributed by atoms with E-state index in [0.717, 1.165) is 0 Å². The van der Waals surface area contributed by atoms with E-state index in [9.17, 15) is 0 Å². The first-order valence-corrected chi connectivity index (χ1v) is 0.561. The Labute approximate surface area is 86.7 Å². The van der Waals surface area contributed by atoms with Crippen molar-refractivity contribution in [3.8, 4) is 0 Å². The molecule has 7 heteroatoms. The van der Waals surface area contributed by atoms with E-state index in [-0.39, 0.29) is 68.1 Å². The average molecular weight is 353 g/mol. The molecule has 0 bridgehead atoms. The van der Waals surface area contributed by atoms with E-state index in [1.807, 2.05) is 0 Å². The molecule has 4 nitrogen and oxygen atoms in total. The van der Waals surface area contributed by atoms with E-state index < -0.39 is 0 Å². The first kappa shape index (κ1) is 65.5. The molecule has 0 amide bonds. The molecule has 0 saturated carbocycles. The van der Waals surface area contributed by atoms with Gasteiger partial charge in [-0.2, -0.15) is 0 Å². The Balaban J connectivity index is -0.000000000500. The molecule has 0 spiro atoms. The summed E-state index contributed by atoms with van der Waals surface area (Å²) in [7, 11) is 0. The van der Waals surface area contributed by atoms with Gasteiger partial charge >= 0.3 is 71.2 Å². The molecule has 0 unspecified atom stereocenters. The SMILES string of the molecule is [In+3].[In+3].[O-2].[O-2].[O-2].[O]=[Co]. The summed E-state index contributed by atoms with van der Waals surface area (Å²) in [6.07, 6.45) is 0. The van der Waals surface area contributed by atoms with Crippen LogP contribution in [0.4, 0.5) is 0 Å². The fraction of sp³-hybridized carbons (Fsp3) is 0. The number of hydrogen-bond acceptors (Lipinski definition) is 1. The van der Waals surface area contributed by atoms with Gasteiger partial charge in [-0.1, -0.05) is 0 Å². The van der Waals surface area contributed by atoms with Crippen molar-refractivity contribution < 1.29 is 36.0 Å². The van der Waals surface area contributed by atoms with Crippen LogP contribution in [-0.2, 0) is 36.0 Å². The zero-order valence-electron chi connectivity index (χ0n) is 3.12. The minimum absolute atomic E-state index is 0. The molecule has 0 aromatic rings. The molecule has 0 aliphatic carbocycles. The van der Waals surface area contributed by atoms with Crippen molar-refractivity contribution in [3.63, 3.8) is 0 Å². The van der Waals surface area contributed by atoms with Crippen LogP contribution in [0, 0.1) is 0 Å². The Morgan fingerprint density at radius 1 is 0.714 bits per heavy atom. The van der Waals surface area contributed by atoms with Gasteiger partial charge in [-0.25, -0.2) is 0 Å². The average Bonchev–Trinajstić information content (AvgIpc) is 1.00. The van der Waals surface area contributed by atoms with Gasteiger partial charge in [-0.05, 0) is 0 Å². The Bertz CT molecular complexity index is 9.65. The van der Waals surface area contributed by atoms with Crippen molar-refractivity contribution in [3.05, 3.63) is 0 Å². The molecule has 39 valence electrons. The molecule has 7 heavy (non-hydrogen) atoms. The molecular formula is CoIn2O4. The predicted molar refractivity (Wildman–Crippen MR) is 14.3 cm³/mol. The van der Waals surface area contributed by atoms with E-state index >= 15 is 0 Å². The normalized spacial score (nSPS) is 0.714. The predicted octanol–water partition coefficient (Wildman–Crippen LogP) is -1.24. The summed E-state index contributed by atoms with van der Waals surface area (Å²) in [5.74, 6) is 0. The van der Waals surface area contributed by atoms with Gasteiger partial charge in [0.05, 0.1) is 0 Å². The standard InChI is InChI=1S/Co.2In.4O/q;2*+3;;3*-2. The summed E-state index contributed by atoms with van der Waals surface area (Å²) in [4.78, 5) is 0. The maximum atomic E-state index is 7.94. The van der Waals surface area contributed by atoms with Gasteiger partial charge in [0, 0.05) is 0 Å². The topological polar surface area (TPSA) is 103 Å². The summed E-state index contributed by atoms with van der Waals surface area (Å²) >= 11 is 2.31. The Morgan fingerprint density at radius 2 is 0.714 bits per heavy atom. The van der Waals surface area contributed by atoms with Crippen LogP contribution in [0.15, 0.2) is 0 Å². The third kappa shape index (κ3) is 75.0. The minimum atomic E-state index is 0. The summed E-state index contributed by atoms with van der Waals surface area (Å²) < 4.78 is 7.94. The second kappa shape index (κ2) is 102. The Kier molecular flexibility index (Phi) is 958. The van der Waals surface area contributed by atoms with Gasteiger partial charge in [0.1, 0.15) is 0 Å². The third-order valence-corrected chi connectivity index (χ3v) is 0. The maximum absolute atomic E-state index is 7.94. The van der Waals surface area contributed by atoms with Crippen LogP contribution >= 0.6 is 0 Å². The van der Waals surface area contributed by atoms with E-state index in [0.29, 0.717) is 0 Å². The molecule has 0 radical (unpaired) electrons. The van der Waals surface area contributed by atoms with Crippen LogP contribution in [0.1, 0.15) is 0 Å². The fourth-order valence-corrected chi connectivity index (χ4v) is 0. The van der Waals surface area contributed by atoms with Crippen LogP contribution in [0.5, 0.6) is 0 Å². The van der Waals surface area contributed by atoms with Crippen LogP contribution in [0.25, 0.3) is 0 Å². The molecule has 0 fully saturated rings. The van der Waals surface area contributed by atoms with Crippen LogP contribution < -0.4 is 0 Å². The molecule has 0 N–H and O–H groups in total. The second-order valence-corrected chi connectivity index (χ2v) is 0. The molecule has 0 aromatic carbocycles. The molecule has 0 atom stereocenters. The molecular weight excluding hydrogens is 353 g/mol. The van der Waals surface area contributed by atoms with Crippen LogP contribution in [0.3, 0.4) is 0 Å². The van der Waals surface area contributed by atoms with Gasteiger partial charge in [0.25, 0.3) is 0 Å². The van der Waals surface area contributed by atoms with Gasteiger partial charge in [-0.15, -0.1) is 0 Å². The van der Waals surface area contributed by atoms with E-state index in [4.69, 9.17) is 3.87 Å². The second-order valence-electron chi connectivity index (χ2n) is 0. The van der Waals surface area contributed by atoms with Crippen LogP contribution in [-0.4, -0.2) is 51.7 Å². The first-order chi connectivity index (χ1) is 1.00. The van der Waals surface area contributed by atoms with Crippen molar-refractivity contribution >= 4 is 51.7 Å². The molecule has 0 heterocycles. The zero-order valence-corrected chi connectivity index (χ0v) is 10.8. The van der Waals surface area contributed by atoms with Crippen molar-refractivity contribution in [2.45, 2.75) is 0 Å². The first-order valence-electron chi connectivity index (χ1n) is 0.136. The van der Waals surface area contributed by atoms with Crippen molar-refractivity contribution in [1.82, 2.24) is 0 Å². The number of rotatable bonds is 0. The Morgan fingerprint density at radius 3 is 0.714 bits per heavy atom. The zero-order chi connectivity index (χ0) is 2.00. The fourth-order valence-electron chi connectivity index (χ4n) is 0. The molecule has 0 rings (SSSR count). The third-order valence-electron chi connectivity index (χ3n) is 0. The van der Waals surface area contributed by atoms with E-state index in [1.165, 1.54) is 0 Å². The molecule has 0 aliphatic heterocycles. The molecule has 0 aromatic heterocycles. The van der Waals surface area contributed by atoms with Crippen molar-refractivity contribution in [2.24, 2.45) is 0 Å². The molecule has 0 aliphatic rings. The van der Waals surface area contributed by atoms with E-state index in [1.54, 1.807) is 0 Å².